The quantitative estimate of drug-likeness (QED) is 0.914. The zero-order valence-corrected chi connectivity index (χ0v) is 11.9. The summed E-state index contributed by atoms with van der Waals surface area (Å²) in [5.41, 5.74) is 9.26. The average Bonchev–Trinajstić information content (AvgIpc) is 2.38. The lowest BCUT2D eigenvalue weighted by atomic mass is 10.1. The van der Waals surface area contributed by atoms with Crippen molar-refractivity contribution in [2.75, 3.05) is 6.61 Å². The van der Waals surface area contributed by atoms with Gasteiger partial charge in [-0.15, -0.1) is 0 Å². The number of hydrogen-bond donors (Lipinski definition) is 1. The van der Waals surface area contributed by atoms with E-state index in [2.05, 4.69) is 0 Å². The molecule has 0 radical (unpaired) electrons. The summed E-state index contributed by atoms with van der Waals surface area (Å²) >= 11 is 6.00. The zero-order chi connectivity index (χ0) is 13.8. The van der Waals surface area contributed by atoms with E-state index in [4.69, 9.17) is 22.1 Å². The van der Waals surface area contributed by atoms with Crippen molar-refractivity contribution < 1.29 is 4.74 Å². The molecule has 0 bridgehead atoms. The summed E-state index contributed by atoms with van der Waals surface area (Å²) in [6, 6.07) is 13.6. The predicted octanol–water partition coefficient (Wildman–Crippen LogP) is 4.04. The highest BCUT2D eigenvalue weighted by molar-refractivity contribution is 6.30. The Morgan fingerprint density at radius 3 is 2.26 bits per heavy atom. The fourth-order valence-corrected chi connectivity index (χ4v) is 2.42. The van der Waals surface area contributed by atoms with Gasteiger partial charge in [0.15, 0.2) is 0 Å². The van der Waals surface area contributed by atoms with Gasteiger partial charge in [-0.25, -0.2) is 0 Å². The highest BCUT2D eigenvalue weighted by Gasteiger charge is 2.10. The number of aryl methyl sites for hydroxylation is 2. The van der Waals surface area contributed by atoms with Crippen molar-refractivity contribution in [2.24, 2.45) is 5.73 Å². The summed E-state index contributed by atoms with van der Waals surface area (Å²) in [5, 5.41) is 0.731. The zero-order valence-electron chi connectivity index (χ0n) is 11.2. The molecule has 2 N–H and O–H groups in total. The molecule has 3 heteroatoms. The minimum Gasteiger partial charge on any atom is -0.491 e. The molecule has 2 nitrogen and oxygen atoms in total. The van der Waals surface area contributed by atoms with Gasteiger partial charge in [0, 0.05) is 5.02 Å². The molecule has 19 heavy (non-hydrogen) atoms. The summed E-state index contributed by atoms with van der Waals surface area (Å²) in [7, 11) is 0. The third kappa shape index (κ3) is 3.49. The Morgan fingerprint density at radius 2 is 1.68 bits per heavy atom. The number of halogens is 1. The standard InChI is InChI=1S/C16H18ClNO/c1-11-8-14(17)9-12(2)16(11)19-10-15(18)13-6-4-3-5-7-13/h3-9,15H,10,18H2,1-2H3/t15-/m0/s1. The largest absolute Gasteiger partial charge is 0.491 e. The maximum Gasteiger partial charge on any atom is 0.125 e. The van der Waals surface area contributed by atoms with Crippen molar-refractivity contribution in [3.05, 3.63) is 64.2 Å². The fraction of sp³-hybridized carbons (Fsp3) is 0.250. The van der Waals surface area contributed by atoms with E-state index in [0.29, 0.717) is 6.61 Å². The Bertz CT molecular complexity index is 531. The van der Waals surface area contributed by atoms with Gasteiger partial charge in [0.25, 0.3) is 0 Å². The van der Waals surface area contributed by atoms with Gasteiger partial charge in [0.05, 0.1) is 6.04 Å². The maximum atomic E-state index is 6.12. The smallest absolute Gasteiger partial charge is 0.125 e. The first kappa shape index (κ1) is 13.9. The van der Waals surface area contributed by atoms with Gasteiger partial charge < -0.3 is 10.5 Å². The van der Waals surface area contributed by atoms with Crippen LogP contribution in [0, 0.1) is 13.8 Å². The van der Waals surface area contributed by atoms with Crippen molar-refractivity contribution in [2.45, 2.75) is 19.9 Å². The SMILES string of the molecule is Cc1cc(Cl)cc(C)c1OC[C@H](N)c1ccccc1. The van der Waals surface area contributed by atoms with Crippen molar-refractivity contribution in [1.82, 2.24) is 0 Å². The molecule has 0 saturated heterocycles. The normalized spacial score (nSPS) is 12.2. The van der Waals surface area contributed by atoms with Crippen LogP contribution in [0.25, 0.3) is 0 Å². The summed E-state index contributed by atoms with van der Waals surface area (Å²) in [6.45, 7) is 4.43. The lowest BCUT2D eigenvalue weighted by molar-refractivity contribution is 0.287. The maximum absolute atomic E-state index is 6.12. The number of ether oxygens (including phenoxy) is 1. The molecule has 2 aromatic carbocycles. The van der Waals surface area contributed by atoms with Crippen molar-refractivity contribution >= 4 is 11.6 Å². The summed E-state index contributed by atoms with van der Waals surface area (Å²) in [6.07, 6.45) is 0. The van der Waals surface area contributed by atoms with E-state index in [-0.39, 0.29) is 6.04 Å². The summed E-state index contributed by atoms with van der Waals surface area (Å²) in [5.74, 6) is 0.871. The van der Waals surface area contributed by atoms with Crippen LogP contribution in [0.5, 0.6) is 5.75 Å². The first-order valence-electron chi connectivity index (χ1n) is 6.28. The molecule has 0 saturated carbocycles. The monoisotopic (exact) mass is 275 g/mol. The third-order valence-corrected chi connectivity index (χ3v) is 3.28. The molecule has 1 atom stereocenters. The second-order valence-electron chi connectivity index (χ2n) is 4.70. The Labute approximate surface area is 119 Å². The van der Waals surface area contributed by atoms with Gasteiger partial charge in [-0.05, 0) is 42.7 Å². The molecule has 0 fully saturated rings. The van der Waals surface area contributed by atoms with Crippen LogP contribution in [0.2, 0.25) is 5.02 Å². The van der Waals surface area contributed by atoms with E-state index in [0.717, 1.165) is 27.5 Å². The van der Waals surface area contributed by atoms with Gasteiger partial charge in [-0.3, -0.25) is 0 Å². The van der Waals surface area contributed by atoms with E-state index < -0.39 is 0 Å². The molecule has 0 aliphatic rings. The van der Waals surface area contributed by atoms with Gasteiger partial charge in [0.1, 0.15) is 12.4 Å². The van der Waals surface area contributed by atoms with Crippen LogP contribution in [-0.4, -0.2) is 6.61 Å². The number of rotatable bonds is 4. The highest BCUT2D eigenvalue weighted by Crippen LogP contribution is 2.27. The molecular weight excluding hydrogens is 258 g/mol. The number of nitrogens with two attached hydrogens (primary N) is 1. The molecule has 0 aliphatic heterocycles. The Kier molecular flexibility index (Phi) is 4.46. The van der Waals surface area contributed by atoms with Gasteiger partial charge in [0.2, 0.25) is 0 Å². The fourth-order valence-electron chi connectivity index (χ4n) is 2.09. The van der Waals surface area contributed by atoms with E-state index >= 15 is 0 Å². The predicted molar refractivity (Wildman–Crippen MR) is 79.8 cm³/mol. The van der Waals surface area contributed by atoms with Crippen LogP contribution < -0.4 is 10.5 Å². The van der Waals surface area contributed by atoms with E-state index in [9.17, 15) is 0 Å². The summed E-state index contributed by atoms with van der Waals surface area (Å²) < 4.78 is 5.86. The molecule has 0 amide bonds. The minimum atomic E-state index is -0.129. The topological polar surface area (TPSA) is 35.2 Å². The van der Waals surface area contributed by atoms with E-state index in [1.807, 2.05) is 56.3 Å². The highest BCUT2D eigenvalue weighted by atomic mass is 35.5. The number of hydrogen-bond acceptors (Lipinski definition) is 2. The van der Waals surface area contributed by atoms with Crippen molar-refractivity contribution in [1.29, 1.82) is 0 Å². The number of benzene rings is 2. The van der Waals surface area contributed by atoms with Crippen molar-refractivity contribution in [3.8, 4) is 5.75 Å². The third-order valence-electron chi connectivity index (χ3n) is 3.06. The Morgan fingerprint density at radius 1 is 1.11 bits per heavy atom. The first-order chi connectivity index (χ1) is 9.08. The Hall–Kier alpha value is -1.51. The molecule has 0 aromatic heterocycles. The van der Waals surface area contributed by atoms with Crippen LogP contribution in [0.15, 0.2) is 42.5 Å². The van der Waals surface area contributed by atoms with Crippen LogP contribution in [0.4, 0.5) is 0 Å². The Balaban J connectivity index is 2.07. The van der Waals surface area contributed by atoms with Gasteiger partial charge in [-0.1, -0.05) is 41.9 Å². The first-order valence-corrected chi connectivity index (χ1v) is 6.66. The van der Waals surface area contributed by atoms with Gasteiger partial charge in [-0.2, -0.15) is 0 Å². The lowest BCUT2D eigenvalue weighted by Gasteiger charge is -2.17. The molecular formula is C16H18ClNO. The van der Waals surface area contributed by atoms with E-state index in [1.165, 1.54) is 0 Å². The van der Waals surface area contributed by atoms with Crippen LogP contribution in [0.3, 0.4) is 0 Å². The molecule has 2 aromatic rings. The molecule has 2 rings (SSSR count). The minimum absolute atomic E-state index is 0.129. The summed E-state index contributed by atoms with van der Waals surface area (Å²) in [4.78, 5) is 0. The van der Waals surface area contributed by atoms with Crippen molar-refractivity contribution in [3.63, 3.8) is 0 Å². The second kappa shape index (κ2) is 6.09. The van der Waals surface area contributed by atoms with E-state index in [1.54, 1.807) is 0 Å². The molecule has 0 unspecified atom stereocenters. The lowest BCUT2D eigenvalue weighted by Crippen LogP contribution is -2.19. The molecule has 100 valence electrons. The van der Waals surface area contributed by atoms with Gasteiger partial charge >= 0.3 is 0 Å². The molecule has 0 aliphatic carbocycles. The van der Waals surface area contributed by atoms with Crippen LogP contribution in [0.1, 0.15) is 22.7 Å². The average molecular weight is 276 g/mol. The molecule has 0 spiro atoms. The molecule has 0 heterocycles. The second-order valence-corrected chi connectivity index (χ2v) is 5.13. The van der Waals surface area contributed by atoms with Crippen LogP contribution >= 0.6 is 11.6 Å². The van der Waals surface area contributed by atoms with Crippen LogP contribution in [-0.2, 0) is 0 Å².